The molecule has 0 fully saturated rings. The van der Waals surface area contributed by atoms with E-state index in [-0.39, 0.29) is 34.6 Å². The Labute approximate surface area is 164 Å². The summed E-state index contributed by atoms with van der Waals surface area (Å²) in [4.78, 5) is 25.0. The summed E-state index contributed by atoms with van der Waals surface area (Å²) in [5, 5.41) is 6.61. The van der Waals surface area contributed by atoms with E-state index in [1.165, 1.54) is 17.9 Å². The van der Waals surface area contributed by atoms with Crippen LogP contribution in [0.5, 0.6) is 5.88 Å². The highest BCUT2D eigenvalue weighted by Crippen LogP contribution is 2.29. The zero-order valence-corrected chi connectivity index (χ0v) is 17.7. The number of benzene rings is 1. The van der Waals surface area contributed by atoms with Gasteiger partial charge in [-0.25, -0.2) is 13.1 Å². The van der Waals surface area contributed by atoms with Crippen molar-refractivity contribution in [2.45, 2.75) is 39.1 Å². The fraction of sp³-hybridized carbons (Fsp3) is 0.421. The van der Waals surface area contributed by atoms with Gasteiger partial charge in [0.05, 0.1) is 11.1 Å². The Morgan fingerprint density at radius 2 is 1.82 bits per heavy atom. The molecular formula is C19H25N3O5S. The molecule has 8 nitrogen and oxygen atoms in total. The van der Waals surface area contributed by atoms with Crippen LogP contribution in [0, 0.1) is 20.8 Å². The van der Waals surface area contributed by atoms with Gasteiger partial charge in [-0.3, -0.25) is 9.59 Å². The van der Waals surface area contributed by atoms with Crippen molar-refractivity contribution in [1.29, 1.82) is 0 Å². The van der Waals surface area contributed by atoms with Crippen LogP contribution in [0.25, 0.3) is 0 Å². The van der Waals surface area contributed by atoms with Crippen molar-refractivity contribution >= 4 is 21.5 Å². The first-order valence-electron chi connectivity index (χ1n) is 8.77. The predicted molar refractivity (Wildman–Crippen MR) is 105 cm³/mol. The molecule has 0 unspecified atom stereocenters. The van der Waals surface area contributed by atoms with Gasteiger partial charge in [-0.2, -0.15) is 5.10 Å². The number of rotatable bonds is 7. The predicted octanol–water partition coefficient (Wildman–Crippen LogP) is 1.59. The number of sulfone groups is 1. The third-order valence-corrected chi connectivity index (χ3v) is 5.97. The van der Waals surface area contributed by atoms with Gasteiger partial charge in [0.1, 0.15) is 5.56 Å². The SMILES string of the molecule is CCn1ncc(C(=O)c2cc(C)c(S(C)(=O)=O)c(C)c2C)c1OCC(=O)NC. The summed E-state index contributed by atoms with van der Waals surface area (Å²) in [5.41, 5.74) is 2.23. The maximum atomic E-state index is 13.2. The zero-order chi connectivity index (χ0) is 21.2. The topological polar surface area (TPSA) is 107 Å². The first kappa shape index (κ1) is 21.6. The molecule has 0 aliphatic carbocycles. The number of nitrogens with zero attached hydrogens (tertiary/aromatic N) is 2. The van der Waals surface area contributed by atoms with E-state index >= 15 is 0 Å². The minimum Gasteiger partial charge on any atom is -0.467 e. The Bertz CT molecular complexity index is 1040. The molecule has 1 aromatic carbocycles. The first-order chi connectivity index (χ1) is 13.0. The molecule has 0 aliphatic rings. The molecule has 0 bridgehead atoms. The second-order valence-corrected chi connectivity index (χ2v) is 8.52. The maximum Gasteiger partial charge on any atom is 0.257 e. The Morgan fingerprint density at radius 1 is 1.18 bits per heavy atom. The van der Waals surface area contributed by atoms with Crippen LogP contribution in [-0.2, 0) is 21.2 Å². The van der Waals surface area contributed by atoms with Crippen molar-refractivity contribution in [3.8, 4) is 5.88 Å². The lowest BCUT2D eigenvalue weighted by atomic mass is 9.95. The fourth-order valence-corrected chi connectivity index (χ4v) is 4.48. The lowest BCUT2D eigenvalue weighted by molar-refractivity contribution is -0.122. The first-order valence-corrected chi connectivity index (χ1v) is 10.7. The average Bonchev–Trinajstić information content (AvgIpc) is 3.03. The van der Waals surface area contributed by atoms with E-state index in [1.54, 1.807) is 26.8 Å². The second-order valence-electron chi connectivity index (χ2n) is 6.56. The van der Waals surface area contributed by atoms with Gasteiger partial charge >= 0.3 is 0 Å². The molecular weight excluding hydrogens is 382 g/mol. The van der Waals surface area contributed by atoms with Crippen molar-refractivity contribution < 1.29 is 22.7 Å². The molecule has 0 saturated carbocycles. The Kier molecular flexibility index (Phi) is 6.28. The van der Waals surface area contributed by atoms with Gasteiger partial charge in [0.15, 0.2) is 22.2 Å². The fourth-order valence-electron chi connectivity index (χ4n) is 3.12. The van der Waals surface area contributed by atoms with Gasteiger partial charge < -0.3 is 10.1 Å². The third-order valence-electron chi connectivity index (χ3n) is 4.60. The highest BCUT2D eigenvalue weighted by molar-refractivity contribution is 7.90. The van der Waals surface area contributed by atoms with E-state index in [1.807, 2.05) is 6.92 Å². The highest BCUT2D eigenvalue weighted by atomic mass is 32.2. The number of hydrogen-bond acceptors (Lipinski definition) is 6. The molecule has 1 heterocycles. The number of likely N-dealkylation sites (N-methyl/N-ethyl adjacent to an activating group) is 1. The van der Waals surface area contributed by atoms with Crippen LogP contribution in [-0.4, -0.2) is 49.8 Å². The molecule has 0 atom stereocenters. The monoisotopic (exact) mass is 407 g/mol. The molecule has 1 amide bonds. The van der Waals surface area contributed by atoms with Crippen LogP contribution in [0.3, 0.4) is 0 Å². The van der Waals surface area contributed by atoms with E-state index in [4.69, 9.17) is 4.74 Å². The summed E-state index contributed by atoms with van der Waals surface area (Å²) in [7, 11) is -1.93. The lowest BCUT2D eigenvalue weighted by Gasteiger charge is -2.15. The Hall–Kier alpha value is -2.68. The molecule has 1 aromatic heterocycles. The number of hydrogen-bond donors (Lipinski definition) is 1. The second kappa shape index (κ2) is 8.14. The molecule has 152 valence electrons. The van der Waals surface area contributed by atoms with Crippen molar-refractivity contribution in [3.05, 3.63) is 40.1 Å². The summed E-state index contributed by atoms with van der Waals surface area (Å²) >= 11 is 0. The number of carbonyl (C=O) groups excluding carboxylic acids is 2. The summed E-state index contributed by atoms with van der Waals surface area (Å²) in [5.74, 6) is -0.462. The summed E-state index contributed by atoms with van der Waals surface area (Å²) < 4.78 is 31.2. The van der Waals surface area contributed by atoms with Crippen LogP contribution in [0.2, 0.25) is 0 Å². The molecule has 0 aliphatic heterocycles. The van der Waals surface area contributed by atoms with Crippen molar-refractivity contribution in [2.75, 3.05) is 19.9 Å². The van der Waals surface area contributed by atoms with E-state index < -0.39 is 9.84 Å². The lowest BCUT2D eigenvalue weighted by Crippen LogP contribution is -2.26. The van der Waals surface area contributed by atoms with E-state index in [9.17, 15) is 18.0 Å². The molecule has 0 spiro atoms. The third kappa shape index (κ3) is 4.09. The summed E-state index contributed by atoms with van der Waals surface area (Å²) in [6.45, 7) is 7.12. The van der Waals surface area contributed by atoms with Gasteiger partial charge in [0.2, 0.25) is 5.88 Å². The number of aromatic nitrogens is 2. The van der Waals surface area contributed by atoms with Crippen molar-refractivity contribution in [3.63, 3.8) is 0 Å². The van der Waals surface area contributed by atoms with Gasteiger partial charge in [0, 0.05) is 25.4 Å². The Balaban J connectivity index is 2.56. The van der Waals surface area contributed by atoms with E-state index in [0.717, 1.165) is 6.26 Å². The number of aryl methyl sites for hydroxylation is 2. The van der Waals surface area contributed by atoms with E-state index in [2.05, 4.69) is 10.4 Å². The molecule has 9 heteroatoms. The quantitative estimate of drug-likeness (QED) is 0.699. The summed E-state index contributed by atoms with van der Waals surface area (Å²) in [6.07, 6.45) is 2.55. The van der Waals surface area contributed by atoms with Crippen LogP contribution in [0.1, 0.15) is 39.5 Å². The highest BCUT2D eigenvalue weighted by Gasteiger charge is 2.25. The molecule has 2 rings (SSSR count). The van der Waals surface area contributed by atoms with Crippen LogP contribution >= 0.6 is 0 Å². The molecule has 0 radical (unpaired) electrons. The number of nitrogens with one attached hydrogen (secondary N) is 1. The minimum absolute atomic E-state index is 0.206. The largest absolute Gasteiger partial charge is 0.467 e. The smallest absolute Gasteiger partial charge is 0.257 e. The zero-order valence-electron chi connectivity index (χ0n) is 16.9. The average molecular weight is 407 g/mol. The number of amides is 1. The summed E-state index contributed by atoms with van der Waals surface area (Å²) in [6, 6.07) is 1.58. The van der Waals surface area contributed by atoms with Gasteiger partial charge in [0.25, 0.3) is 5.91 Å². The number of ketones is 1. The molecule has 28 heavy (non-hydrogen) atoms. The molecule has 2 aromatic rings. The van der Waals surface area contributed by atoms with Crippen molar-refractivity contribution in [2.24, 2.45) is 0 Å². The van der Waals surface area contributed by atoms with Crippen LogP contribution in [0.15, 0.2) is 17.2 Å². The normalized spacial score (nSPS) is 11.4. The number of ether oxygens (including phenoxy) is 1. The molecule has 0 saturated heterocycles. The standard InChI is InChI=1S/C19H25N3O5S/c1-7-22-19(27-10-16(23)20-5)15(9-21-22)17(24)14-8-11(2)18(28(6,25)26)13(4)12(14)3/h8-9H,7,10H2,1-6H3,(H,20,23). The molecule has 1 N–H and O–H groups in total. The van der Waals surface area contributed by atoms with Crippen LogP contribution < -0.4 is 10.1 Å². The Morgan fingerprint density at radius 3 is 2.36 bits per heavy atom. The van der Waals surface area contributed by atoms with Crippen molar-refractivity contribution in [1.82, 2.24) is 15.1 Å². The van der Waals surface area contributed by atoms with Crippen LogP contribution in [0.4, 0.5) is 0 Å². The maximum absolute atomic E-state index is 13.2. The van der Waals surface area contributed by atoms with Gasteiger partial charge in [-0.15, -0.1) is 0 Å². The number of carbonyl (C=O) groups is 2. The van der Waals surface area contributed by atoms with Gasteiger partial charge in [-0.05, 0) is 50.5 Å². The van der Waals surface area contributed by atoms with Gasteiger partial charge in [-0.1, -0.05) is 0 Å². The van der Waals surface area contributed by atoms with E-state index in [0.29, 0.717) is 28.8 Å². The minimum atomic E-state index is -3.42.